The van der Waals surface area contributed by atoms with Gasteiger partial charge in [0.1, 0.15) is 0 Å². The molecule has 5 atom stereocenters. The zero-order chi connectivity index (χ0) is 19.8. The Bertz CT molecular complexity index is 799. The van der Waals surface area contributed by atoms with Crippen LogP contribution >= 0.6 is 0 Å². The standard InChI is InChI=1S/C20H24O6S/c1-5-24-17(21)15-11-13(4)20(16(15)18(25-6-2)26-19(20)22)27(23)14-9-7-12(3)8-10-14/h7-11,13,16,18H,5-6H2,1-4H3/t13-,16-,18+,20+,27?/m0/s1. The van der Waals surface area contributed by atoms with E-state index >= 15 is 0 Å². The number of carbonyl (C=O) groups is 2. The van der Waals surface area contributed by atoms with Gasteiger partial charge in [-0.2, -0.15) is 0 Å². The lowest BCUT2D eigenvalue weighted by Crippen LogP contribution is -2.49. The molecule has 1 unspecified atom stereocenters. The molecule has 0 bridgehead atoms. The zero-order valence-corrected chi connectivity index (χ0v) is 16.7. The van der Waals surface area contributed by atoms with E-state index in [0.29, 0.717) is 17.1 Å². The van der Waals surface area contributed by atoms with Gasteiger partial charge in [0, 0.05) is 23.0 Å². The number of hydrogen-bond donors (Lipinski definition) is 0. The second-order valence-corrected chi connectivity index (χ2v) is 8.40. The molecule has 1 aliphatic carbocycles. The van der Waals surface area contributed by atoms with Gasteiger partial charge in [-0.15, -0.1) is 0 Å². The summed E-state index contributed by atoms with van der Waals surface area (Å²) in [7, 11) is -1.73. The number of aryl methyl sites for hydroxylation is 1. The normalized spacial score (nSPS) is 30.4. The topological polar surface area (TPSA) is 78.9 Å². The molecule has 1 aromatic rings. The lowest BCUT2D eigenvalue weighted by atomic mass is 9.87. The number of ether oxygens (including phenoxy) is 3. The Morgan fingerprint density at radius 2 is 1.89 bits per heavy atom. The average molecular weight is 392 g/mol. The summed E-state index contributed by atoms with van der Waals surface area (Å²) in [6, 6.07) is 7.18. The summed E-state index contributed by atoms with van der Waals surface area (Å²) in [5.41, 5.74) is 1.32. The van der Waals surface area contributed by atoms with Crippen molar-refractivity contribution in [2.45, 2.75) is 43.6 Å². The van der Waals surface area contributed by atoms with Crippen LogP contribution in [-0.4, -0.2) is 40.4 Å². The lowest BCUT2D eigenvalue weighted by Gasteiger charge is -2.30. The Morgan fingerprint density at radius 1 is 1.22 bits per heavy atom. The van der Waals surface area contributed by atoms with E-state index in [9.17, 15) is 13.8 Å². The van der Waals surface area contributed by atoms with Crippen LogP contribution in [0.25, 0.3) is 0 Å². The van der Waals surface area contributed by atoms with Crippen molar-refractivity contribution in [1.29, 1.82) is 0 Å². The van der Waals surface area contributed by atoms with Gasteiger partial charge in [-0.05, 0) is 32.9 Å². The van der Waals surface area contributed by atoms with Crippen molar-refractivity contribution in [2.75, 3.05) is 13.2 Å². The molecule has 0 aromatic heterocycles. The maximum atomic E-state index is 13.6. The van der Waals surface area contributed by atoms with Gasteiger partial charge >= 0.3 is 11.9 Å². The molecule has 3 rings (SSSR count). The molecule has 7 heteroatoms. The summed E-state index contributed by atoms with van der Waals surface area (Å²) >= 11 is 0. The van der Waals surface area contributed by atoms with E-state index in [4.69, 9.17) is 14.2 Å². The van der Waals surface area contributed by atoms with Crippen LogP contribution in [-0.2, 0) is 34.6 Å². The van der Waals surface area contributed by atoms with Crippen LogP contribution in [0.1, 0.15) is 26.3 Å². The molecule has 6 nitrogen and oxygen atoms in total. The quantitative estimate of drug-likeness (QED) is 0.692. The summed E-state index contributed by atoms with van der Waals surface area (Å²) in [4.78, 5) is 26.0. The summed E-state index contributed by atoms with van der Waals surface area (Å²) in [6.45, 7) is 7.70. The Balaban J connectivity index is 2.10. The van der Waals surface area contributed by atoms with E-state index in [1.807, 2.05) is 19.1 Å². The van der Waals surface area contributed by atoms with Gasteiger partial charge in [-0.3, -0.25) is 9.00 Å². The second kappa shape index (κ2) is 7.56. The summed E-state index contributed by atoms with van der Waals surface area (Å²) in [5, 5.41) is 0. The van der Waals surface area contributed by atoms with Gasteiger partial charge in [0.25, 0.3) is 0 Å². The number of benzene rings is 1. The number of cyclic esters (lactones) is 1. The Kier molecular flexibility index (Phi) is 5.53. The van der Waals surface area contributed by atoms with Gasteiger partial charge < -0.3 is 14.2 Å². The van der Waals surface area contributed by atoms with Crippen LogP contribution in [0.3, 0.4) is 0 Å². The predicted octanol–water partition coefficient (Wildman–Crippen LogP) is 2.52. The van der Waals surface area contributed by atoms with Gasteiger partial charge in [0.05, 0.1) is 23.3 Å². The average Bonchev–Trinajstić information content (AvgIpc) is 3.10. The van der Waals surface area contributed by atoms with E-state index in [1.54, 1.807) is 39.0 Å². The molecular formula is C20H24O6S. The minimum atomic E-state index is -1.73. The van der Waals surface area contributed by atoms with Crippen molar-refractivity contribution >= 4 is 22.7 Å². The van der Waals surface area contributed by atoms with Crippen LogP contribution < -0.4 is 0 Å². The van der Waals surface area contributed by atoms with E-state index in [2.05, 4.69) is 0 Å². The maximum absolute atomic E-state index is 13.6. The third-order valence-electron chi connectivity index (χ3n) is 5.10. The number of hydrogen-bond acceptors (Lipinski definition) is 6. The fraction of sp³-hybridized carbons (Fsp3) is 0.500. The van der Waals surface area contributed by atoms with Crippen molar-refractivity contribution in [3.05, 3.63) is 41.5 Å². The molecule has 1 fully saturated rings. The first kappa shape index (κ1) is 19.8. The molecule has 0 spiro atoms. The molecule has 0 N–H and O–H groups in total. The van der Waals surface area contributed by atoms with E-state index in [1.165, 1.54) is 0 Å². The van der Waals surface area contributed by atoms with E-state index < -0.39 is 45.6 Å². The summed E-state index contributed by atoms with van der Waals surface area (Å²) in [5.74, 6) is -2.38. The van der Waals surface area contributed by atoms with Gasteiger partial charge in [-0.25, -0.2) is 4.79 Å². The second-order valence-electron chi connectivity index (χ2n) is 6.71. The first-order valence-corrected chi connectivity index (χ1v) is 10.2. The fourth-order valence-corrected chi connectivity index (χ4v) is 5.71. The minimum Gasteiger partial charge on any atom is -0.463 e. The molecule has 146 valence electrons. The summed E-state index contributed by atoms with van der Waals surface area (Å²) in [6.07, 6.45) is 0.721. The first-order valence-electron chi connectivity index (χ1n) is 9.07. The molecule has 27 heavy (non-hydrogen) atoms. The lowest BCUT2D eigenvalue weighted by molar-refractivity contribution is -0.166. The van der Waals surface area contributed by atoms with E-state index in [-0.39, 0.29) is 6.61 Å². The molecule has 0 radical (unpaired) electrons. The molecule has 2 aliphatic rings. The Labute approximate surface area is 161 Å². The minimum absolute atomic E-state index is 0.208. The third-order valence-corrected chi connectivity index (χ3v) is 7.21. The molecule has 1 aliphatic heterocycles. The van der Waals surface area contributed by atoms with Crippen LogP contribution in [0.15, 0.2) is 40.8 Å². The van der Waals surface area contributed by atoms with Gasteiger partial charge in [0.15, 0.2) is 4.75 Å². The highest BCUT2D eigenvalue weighted by atomic mass is 32.2. The number of fused-ring (bicyclic) bond motifs is 1. The zero-order valence-electron chi connectivity index (χ0n) is 15.9. The van der Waals surface area contributed by atoms with Crippen LogP contribution in [0, 0.1) is 18.8 Å². The maximum Gasteiger partial charge on any atom is 0.334 e. The number of esters is 2. The van der Waals surface area contributed by atoms with Gasteiger partial charge in [-0.1, -0.05) is 30.7 Å². The summed E-state index contributed by atoms with van der Waals surface area (Å²) < 4.78 is 28.4. The predicted molar refractivity (Wildman–Crippen MR) is 99.2 cm³/mol. The molecule has 0 saturated carbocycles. The van der Waals surface area contributed by atoms with Crippen LogP contribution in [0.5, 0.6) is 0 Å². The first-order chi connectivity index (χ1) is 12.9. The van der Waals surface area contributed by atoms with Gasteiger partial charge in [0.2, 0.25) is 6.29 Å². The highest BCUT2D eigenvalue weighted by molar-refractivity contribution is 7.87. The highest BCUT2D eigenvalue weighted by Crippen LogP contribution is 2.53. The Hall–Kier alpha value is -1.99. The van der Waals surface area contributed by atoms with Crippen LogP contribution in [0.2, 0.25) is 0 Å². The van der Waals surface area contributed by atoms with Crippen molar-refractivity contribution < 1.29 is 28.0 Å². The van der Waals surface area contributed by atoms with Crippen molar-refractivity contribution in [3.63, 3.8) is 0 Å². The molecule has 0 amide bonds. The number of carbonyl (C=O) groups excluding carboxylic acids is 2. The SMILES string of the molecule is CCOC(=O)C1=C[C@H](C)[C@]2(S(=O)c3ccc(C)cc3)C(=O)O[C@@H](OCC)[C@H]12. The fourth-order valence-electron chi connectivity index (χ4n) is 3.86. The van der Waals surface area contributed by atoms with Crippen molar-refractivity contribution in [3.8, 4) is 0 Å². The van der Waals surface area contributed by atoms with Crippen LogP contribution in [0.4, 0.5) is 0 Å². The monoisotopic (exact) mass is 392 g/mol. The molecule has 1 aromatic carbocycles. The molecule has 1 heterocycles. The third kappa shape index (κ3) is 3.02. The van der Waals surface area contributed by atoms with Crippen molar-refractivity contribution in [2.24, 2.45) is 11.8 Å². The smallest absolute Gasteiger partial charge is 0.334 e. The molecule has 1 saturated heterocycles. The number of allylic oxidation sites excluding steroid dienone is 1. The Morgan fingerprint density at radius 3 is 2.48 bits per heavy atom. The highest BCUT2D eigenvalue weighted by Gasteiger charge is 2.69. The number of rotatable bonds is 6. The van der Waals surface area contributed by atoms with Crippen molar-refractivity contribution in [1.82, 2.24) is 0 Å². The largest absolute Gasteiger partial charge is 0.463 e. The van der Waals surface area contributed by atoms with E-state index in [0.717, 1.165) is 5.56 Å². The molecular weight excluding hydrogens is 368 g/mol.